The number of para-hydroxylation sites is 1. The highest BCUT2D eigenvalue weighted by atomic mass is 35.5. The second-order valence-electron chi connectivity index (χ2n) is 6.02. The van der Waals surface area contributed by atoms with Gasteiger partial charge in [-0.3, -0.25) is 4.79 Å². The lowest BCUT2D eigenvalue weighted by Gasteiger charge is -2.11. The highest BCUT2D eigenvalue weighted by Gasteiger charge is 2.13. The molecule has 0 aromatic heterocycles. The van der Waals surface area contributed by atoms with Crippen LogP contribution in [-0.4, -0.2) is 13.0 Å². The zero-order valence-corrected chi connectivity index (χ0v) is 17.6. The molecule has 3 rings (SSSR count). The molecule has 30 heavy (non-hydrogen) atoms. The van der Waals surface area contributed by atoms with Crippen LogP contribution in [0.4, 0.5) is 11.4 Å². The maximum absolute atomic E-state index is 12.7. The summed E-state index contributed by atoms with van der Waals surface area (Å²) in [6, 6.07) is 24.2. The van der Waals surface area contributed by atoms with Gasteiger partial charge in [-0.05, 0) is 42.5 Å². The third-order valence-corrected chi connectivity index (χ3v) is 5.32. The molecule has 2 N–H and O–H groups in total. The Hall–Kier alpha value is -3.40. The van der Waals surface area contributed by atoms with E-state index in [2.05, 4.69) is 10.6 Å². The number of nitrogens with one attached hydrogen (secondary N) is 2. The molecular formula is C23H18ClN3O2S. The number of nitriles is 1. The van der Waals surface area contributed by atoms with E-state index in [9.17, 15) is 10.1 Å². The van der Waals surface area contributed by atoms with Crippen molar-refractivity contribution >= 4 is 40.6 Å². The molecule has 150 valence electrons. The van der Waals surface area contributed by atoms with E-state index in [4.69, 9.17) is 16.3 Å². The predicted octanol–water partition coefficient (Wildman–Crippen LogP) is 5.96. The summed E-state index contributed by atoms with van der Waals surface area (Å²) < 4.78 is 5.26. The monoisotopic (exact) mass is 435 g/mol. The maximum Gasteiger partial charge on any atom is 0.267 e. The van der Waals surface area contributed by atoms with Crippen LogP contribution in [0.25, 0.3) is 0 Å². The standard InChI is InChI=1S/C23H18ClN3O2S/c1-29-21-12-11-17(24)13-20(21)26-15-16(14-25)23(28)27-19-9-5-6-10-22(19)30-18-7-3-2-4-8-18/h2-13,15,26H,1H3,(H,27,28)/b16-15-. The summed E-state index contributed by atoms with van der Waals surface area (Å²) in [5.74, 6) is 0.0186. The Kier molecular flexibility index (Phi) is 7.39. The summed E-state index contributed by atoms with van der Waals surface area (Å²) in [6.45, 7) is 0. The summed E-state index contributed by atoms with van der Waals surface area (Å²) in [5, 5.41) is 15.7. The Morgan fingerprint density at radius 2 is 1.80 bits per heavy atom. The van der Waals surface area contributed by atoms with Crippen molar-refractivity contribution in [1.82, 2.24) is 0 Å². The molecule has 0 heterocycles. The van der Waals surface area contributed by atoms with Crippen molar-refractivity contribution in [3.05, 3.63) is 89.6 Å². The second-order valence-corrected chi connectivity index (χ2v) is 7.58. The minimum absolute atomic E-state index is 0.0865. The second kappa shape index (κ2) is 10.4. The number of methoxy groups -OCH3 is 1. The van der Waals surface area contributed by atoms with Crippen molar-refractivity contribution in [1.29, 1.82) is 5.26 Å². The van der Waals surface area contributed by atoms with E-state index in [1.165, 1.54) is 25.1 Å². The van der Waals surface area contributed by atoms with Crippen LogP contribution in [0.2, 0.25) is 5.02 Å². The van der Waals surface area contributed by atoms with E-state index in [1.807, 2.05) is 54.6 Å². The molecule has 0 aliphatic rings. The number of anilines is 2. The van der Waals surface area contributed by atoms with Gasteiger partial charge in [-0.2, -0.15) is 5.26 Å². The predicted molar refractivity (Wildman–Crippen MR) is 121 cm³/mol. The Balaban J connectivity index is 1.77. The third-order valence-electron chi connectivity index (χ3n) is 4.00. The average molecular weight is 436 g/mol. The Morgan fingerprint density at radius 1 is 1.07 bits per heavy atom. The third kappa shape index (κ3) is 5.57. The number of ether oxygens (including phenoxy) is 1. The van der Waals surface area contributed by atoms with Crippen molar-refractivity contribution in [2.75, 3.05) is 17.7 Å². The molecule has 0 aliphatic carbocycles. The van der Waals surface area contributed by atoms with Gasteiger partial charge in [-0.1, -0.05) is 53.7 Å². The molecular weight excluding hydrogens is 418 g/mol. The van der Waals surface area contributed by atoms with Gasteiger partial charge in [0, 0.05) is 21.0 Å². The lowest BCUT2D eigenvalue weighted by Crippen LogP contribution is -2.15. The summed E-state index contributed by atoms with van der Waals surface area (Å²) in [7, 11) is 1.53. The fraction of sp³-hybridized carbons (Fsp3) is 0.0435. The van der Waals surface area contributed by atoms with Crippen molar-refractivity contribution in [3.63, 3.8) is 0 Å². The Labute approximate surface area is 184 Å². The van der Waals surface area contributed by atoms with E-state index in [-0.39, 0.29) is 5.57 Å². The molecule has 5 nitrogen and oxygen atoms in total. The van der Waals surface area contributed by atoms with Gasteiger partial charge in [-0.25, -0.2) is 0 Å². The highest BCUT2D eigenvalue weighted by molar-refractivity contribution is 7.99. The van der Waals surface area contributed by atoms with E-state index in [0.29, 0.717) is 22.1 Å². The van der Waals surface area contributed by atoms with E-state index < -0.39 is 5.91 Å². The molecule has 1 amide bonds. The van der Waals surface area contributed by atoms with Gasteiger partial charge in [0.05, 0.1) is 18.5 Å². The van der Waals surface area contributed by atoms with Gasteiger partial charge in [0.1, 0.15) is 17.4 Å². The van der Waals surface area contributed by atoms with Crippen LogP contribution < -0.4 is 15.4 Å². The number of nitrogens with zero attached hydrogens (tertiary/aromatic N) is 1. The summed E-state index contributed by atoms with van der Waals surface area (Å²) in [5.41, 5.74) is 1.08. The summed E-state index contributed by atoms with van der Waals surface area (Å²) in [4.78, 5) is 14.6. The molecule has 0 saturated heterocycles. The quantitative estimate of drug-likeness (QED) is 0.354. The number of hydrogen-bond acceptors (Lipinski definition) is 5. The fourth-order valence-corrected chi connectivity index (χ4v) is 3.65. The Morgan fingerprint density at radius 3 is 2.53 bits per heavy atom. The molecule has 0 spiro atoms. The maximum atomic E-state index is 12.7. The van der Waals surface area contributed by atoms with Crippen LogP contribution in [0.3, 0.4) is 0 Å². The van der Waals surface area contributed by atoms with Gasteiger partial charge in [0.25, 0.3) is 5.91 Å². The van der Waals surface area contributed by atoms with E-state index in [0.717, 1.165) is 9.79 Å². The van der Waals surface area contributed by atoms with Crippen LogP contribution in [0, 0.1) is 11.3 Å². The van der Waals surface area contributed by atoms with Crippen LogP contribution in [0.15, 0.2) is 94.4 Å². The van der Waals surface area contributed by atoms with Crippen molar-refractivity contribution in [2.24, 2.45) is 0 Å². The molecule has 0 atom stereocenters. The first kappa shape index (κ1) is 21.3. The van der Waals surface area contributed by atoms with Gasteiger partial charge in [-0.15, -0.1) is 0 Å². The first-order chi connectivity index (χ1) is 14.6. The zero-order chi connectivity index (χ0) is 21.3. The molecule has 0 aliphatic heterocycles. The number of amides is 1. The van der Waals surface area contributed by atoms with Crippen LogP contribution in [0.1, 0.15) is 0 Å². The molecule has 0 radical (unpaired) electrons. The van der Waals surface area contributed by atoms with Gasteiger partial charge in [0.15, 0.2) is 0 Å². The molecule has 7 heteroatoms. The van der Waals surface area contributed by atoms with Crippen LogP contribution >= 0.6 is 23.4 Å². The summed E-state index contributed by atoms with van der Waals surface area (Å²) >= 11 is 7.54. The van der Waals surface area contributed by atoms with Gasteiger partial charge in [0.2, 0.25) is 0 Å². The van der Waals surface area contributed by atoms with E-state index in [1.54, 1.807) is 24.3 Å². The van der Waals surface area contributed by atoms with Crippen molar-refractivity contribution < 1.29 is 9.53 Å². The first-order valence-electron chi connectivity index (χ1n) is 8.94. The van der Waals surface area contributed by atoms with Crippen molar-refractivity contribution in [2.45, 2.75) is 9.79 Å². The molecule has 3 aromatic rings. The SMILES string of the molecule is COc1ccc(Cl)cc1N/C=C(/C#N)C(=O)Nc1ccccc1Sc1ccccc1. The van der Waals surface area contributed by atoms with Gasteiger partial charge < -0.3 is 15.4 Å². The minimum Gasteiger partial charge on any atom is -0.495 e. The van der Waals surface area contributed by atoms with Crippen LogP contribution in [-0.2, 0) is 4.79 Å². The zero-order valence-electron chi connectivity index (χ0n) is 16.1. The average Bonchev–Trinajstić information content (AvgIpc) is 2.76. The molecule has 0 fully saturated rings. The number of benzene rings is 3. The summed E-state index contributed by atoms with van der Waals surface area (Å²) in [6.07, 6.45) is 1.33. The Bertz CT molecular complexity index is 1110. The number of carbonyl (C=O) groups excluding carboxylic acids is 1. The number of halogens is 1. The lowest BCUT2D eigenvalue weighted by molar-refractivity contribution is -0.112. The smallest absolute Gasteiger partial charge is 0.267 e. The normalized spacial score (nSPS) is 10.8. The lowest BCUT2D eigenvalue weighted by atomic mass is 10.2. The highest BCUT2D eigenvalue weighted by Crippen LogP contribution is 2.33. The number of carbonyl (C=O) groups is 1. The topological polar surface area (TPSA) is 74.1 Å². The van der Waals surface area contributed by atoms with Crippen molar-refractivity contribution in [3.8, 4) is 11.8 Å². The first-order valence-corrected chi connectivity index (χ1v) is 10.1. The fourth-order valence-electron chi connectivity index (χ4n) is 2.56. The minimum atomic E-state index is -0.521. The molecule has 0 bridgehead atoms. The number of rotatable bonds is 7. The largest absolute Gasteiger partial charge is 0.495 e. The van der Waals surface area contributed by atoms with Gasteiger partial charge >= 0.3 is 0 Å². The number of hydrogen-bond donors (Lipinski definition) is 2. The van der Waals surface area contributed by atoms with E-state index >= 15 is 0 Å². The molecule has 0 unspecified atom stereocenters. The molecule has 0 saturated carbocycles. The molecule has 3 aromatic carbocycles. The van der Waals surface area contributed by atoms with Crippen LogP contribution in [0.5, 0.6) is 5.75 Å².